The number of piperidine rings is 1. The van der Waals surface area contributed by atoms with Crippen LogP contribution >= 0.6 is 0 Å². The highest BCUT2D eigenvalue weighted by atomic mass is 16.5. The minimum Gasteiger partial charge on any atom is -0.448 e. The van der Waals surface area contributed by atoms with E-state index in [1.807, 2.05) is 0 Å². The van der Waals surface area contributed by atoms with E-state index in [0.29, 0.717) is 31.0 Å². The molecular formula is C20H30N4O4. The Morgan fingerprint density at radius 1 is 1.25 bits per heavy atom. The van der Waals surface area contributed by atoms with Crippen LogP contribution in [0.15, 0.2) is 10.8 Å². The van der Waals surface area contributed by atoms with Crippen molar-refractivity contribution in [1.82, 2.24) is 20.5 Å². The van der Waals surface area contributed by atoms with Crippen LogP contribution in [-0.4, -0.2) is 66.1 Å². The molecule has 2 aliphatic heterocycles. The van der Waals surface area contributed by atoms with Crippen LogP contribution in [0, 0.1) is 12.8 Å². The molecule has 0 bridgehead atoms. The molecule has 3 aliphatic rings. The van der Waals surface area contributed by atoms with Crippen molar-refractivity contribution < 1.29 is 18.7 Å². The van der Waals surface area contributed by atoms with Gasteiger partial charge in [-0.1, -0.05) is 6.42 Å². The van der Waals surface area contributed by atoms with Crippen molar-refractivity contribution in [3.8, 4) is 0 Å². The Balaban J connectivity index is 1.16. The molecular weight excluding hydrogens is 360 g/mol. The lowest BCUT2D eigenvalue weighted by molar-refractivity contribution is -0.126. The first-order chi connectivity index (χ1) is 13.6. The maximum Gasteiger partial charge on any atom is 0.273 e. The van der Waals surface area contributed by atoms with Crippen LogP contribution in [0.3, 0.4) is 0 Å². The molecule has 2 saturated heterocycles. The Morgan fingerprint density at radius 2 is 2.04 bits per heavy atom. The second-order valence-corrected chi connectivity index (χ2v) is 8.26. The highest BCUT2D eigenvalue weighted by Gasteiger charge is 2.34. The molecule has 0 unspecified atom stereocenters. The summed E-state index contributed by atoms with van der Waals surface area (Å²) in [7, 11) is 0. The van der Waals surface area contributed by atoms with Crippen LogP contribution in [0.5, 0.6) is 0 Å². The van der Waals surface area contributed by atoms with E-state index in [1.54, 1.807) is 6.92 Å². The topological polar surface area (TPSA) is 96.7 Å². The molecule has 8 heteroatoms. The van der Waals surface area contributed by atoms with Gasteiger partial charge in [0.2, 0.25) is 5.91 Å². The third kappa shape index (κ3) is 4.38. The lowest BCUT2D eigenvalue weighted by Crippen LogP contribution is -2.50. The number of hydrogen-bond acceptors (Lipinski definition) is 6. The van der Waals surface area contributed by atoms with Gasteiger partial charge >= 0.3 is 0 Å². The number of nitrogens with zero attached hydrogens (tertiary/aromatic N) is 2. The summed E-state index contributed by atoms with van der Waals surface area (Å²) in [5.41, 5.74) is 0.292. The van der Waals surface area contributed by atoms with Gasteiger partial charge in [-0.3, -0.25) is 9.59 Å². The summed E-state index contributed by atoms with van der Waals surface area (Å²) < 4.78 is 10.8. The monoisotopic (exact) mass is 390 g/mol. The number of carbonyl (C=O) groups is 2. The molecule has 4 rings (SSSR count). The molecule has 8 nitrogen and oxygen atoms in total. The van der Waals surface area contributed by atoms with Crippen molar-refractivity contribution in [2.75, 3.05) is 26.2 Å². The van der Waals surface area contributed by atoms with Crippen molar-refractivity contribution in [2.24, 2.45) is 5.92 Å². The summed E-state index contributed by atoms with van der Waals surface area (Å²) in [4.78, 5) is 31.2. The minimum absolute atomic E-state index is 0.0864. The van der Waals surface area contributed by atoms with Crippen molar-refractivity contribution in [2.45, 2.75) is 63.6 Å². The van der Waals surface area contributed by atoms with Crippen LogP contribution in [-0.2, 0) is 9.53 Å². The van der Waals surface area contributed by atoms with Crippen LogP contribution in [0.4, 0.5) is 0 Å². The highest BCUT2D eigenvalue weighted by Crippen LogP contribution is 2.27. The molecule has 28 heavy (non-hydrogen) atoms. The SMILES string of the molecule is Cc1ocnc1C(=O)NC[C@@H]1C[C@H](C(=O)NC2CCN(C3CCC3)CC2)CO1. The number of rotatable bonds is 6. The standard InChI is InChI=1S/C20H30N4O4/c1-13-18(22-12-28-13)20(26)21-10-17-9-14(11-27-17)19(25)23-15-5-7-24(8-6-15)16-3-2-4-16/h12,14-17H,2-11H2,1H3,(H,21,26)(H,23,25)/t14-,17-/m0/s1. The number of aryl methyl sites for hydroxylation is 1. The van der Waals surface area contributed by atoms with Gasteiger partial charge in [-0.2, -0.15) is 0 Å². The summed E-state index contributed by atoms with van der Waals surface area (Å²) in [6.07, 6.45) is 7.85. The second-order valence-electron chi connectivity index (χ2n) is 8.26. The predicted molar refractivity (Wildman–Crippen MR) is 102 cm³/mol. The summed E-state index contributed by atoms with van der Waals surface area (Å²) in [6.45, 7) is 4.66. The van der Waals surface area contributed by atoms with Crippen LogP contribution in [0.2, 0.25) is 0 Å². The molecule has 1 saturated carbocycles. The molecule has 2 atom stereocenters. The molecule has 0 radical (unpaired) electrons. The largest absolute Gasteiger partial charge is 0.448 e. The second kappa shape index (κ2) is 8.61. The van der Waals surface area contributed by atoms with Gasteiger partial charge in [0.05, 0.1) is 18.6 Å². The third-order valence-corrected chi connectivity index (χ3v) is 6.37. The predicted octanol–water partition coefficient (Wildman–Crippen LogP) is 1.25. The van der Waals surface area contributed by atoms with Crippen LogP contribution in [0.25, 0.3) is 0 Å². The van der Waals surface area contributed by atoms with Gasteiger partial charge in [-0.25, -0.2) is 4.98 Å². The lowest BCUT2D eigenvalue weighted by Gasteiger charge is -2.42. The summed E-state index contributed by atoms with van der Waals surface area (Å²) in [5, 5.41) is 6.03. The number of aromatic nitrogens is 1. The first-order valence-electron chi connectivity index (χ1n) is 10.4. The Morgan fingerprint density at radius 3 is 2.68 bits per heavy atom. The molecule has 154 valence electrons. The first kappa shape index (κ1) is 19.4. The third-order valence-electron chi connectivity index (χ3n) is 6.37. The normalized spacial score (nSPS) is 26.8. The van der Waals surface area contributed by atoms with Gasteiger partial charge in [-0.05, 0) is 39.0 Å². The van der Waals surface area contributed by atoms with Crippen molar-refractivity contribution in [1.29, 1.82) is 0 Å². The molecule has 1 aromatic rings. The fourth-order valence-electron chi connectivity index (χ4n) is 4.32. The van der Waals surface area contributed by atoms with Gasteiger partial charge in [0.1, 0.15) is 5.76 Å². The van der Waals surface area contributed by atoms with Crippen molar-refractivity contribution >= 4 is 11.8 Å². The Hall–Kier alpha value is -1.93. The van der Waals surface area contributed by atoms with E-state index in [-0.39, 0.29) is 29.9 Å². The van der Waals surface area contributed by atoms with Gasteiger partial charge in [0, 0.05) is 31.7 Å². The molecule has 2 N–H and O–H groups in total. The molecule has 0 spiro atoms. The molecule has 3 fully saturated rings. The highest BCUT2D eigenvalue weighted by molar-refractivity contribution is 5.93. The maximum atomic E-state index is 12.6. The fraction of sp³-hybridized carbons (Fsp3) is 0.750. The number of carbonyl (C=O) groups excluding carboxylic acids is 2. The number of oxazole rings is 1. The van der Waals surface area contributed by atoms with Crippen LogP contribution < -0.4 is 10.6 Å². The van der Waals surface area contributed by atoms with E-state index in [2.05, 4.69) is 20.5 Å². The Kier molecular flexibility index (Phi) is 5.96. The Bertz CT molecular complexity index is 694. The zero-order valence-corrected chi connectivity index (χ0v) is 16.5. The number of amides is 2. The smallest absolute Gasteiger partial charge is 0.273 e. The van der Waals surface area contributed by atoms with Gasteiger partial charge in [0.25, 0.3) is 5.91 Å². The fourth-order valence-corrected chi connectivity index (χ4v) is 4.32. The van der Waals surface area contributed by atoms with Crippen LogP contribution in [0.1, 0.15) is 54.8 Å². The number of ether oxygens (including phenoxy) is 1. The van der Waals surface area contributed by atoms with Gasteiger partial charge < -0.3 is 24.7 Å². The molecule has 1 aliphatic carbocycles. The summed E-state index contributed by atoms with van der Waals surface area (Å²) in [6, 6.07) is 1.06. The maximum absolute atomic E-state index is 12.6. The number of likely N-dealkylation sites (tertiary alicyclic amines) is 1. The van der Waals surface area contributed by atoms with Gasteiger partial charge in [0.15, 0.2) is 12.1 Å². The lowest BCUT2D eigenvalue weighted by atomic mass is 9.89. The van der Waals surface area contributed by atoms with Crippen molar-refractivity contribution in [3.05, 3.63) is 17.8 Å². The first-order valence-corrected chi connectivity index (χ1v) is 10.4. The molecule has 3 heterocycles. The average Bonchev–Trinajstić information content (AvgIpc) is 3.29. The zero-order valence-electron chi connectivity index (χ0n) is 16.5. The number of hydrogen-bond donors (Lipinski definition) is 2. The summed E-state index contributed by atoms with van der Waals surface area (Å²) >= 11 is 0. The molecule has 1 aromatic heterocycles. The minimum atomic E-state index is -0.277. The molecule has 0 aromatic carbocycles. The van der Waals surface area contributed by atoms with E-state index >= 15 is 0 Å². The summed E-state index contributed by atoms with van der Waals surface area (Å²) in [5.74, 6) is 0.162. The Labute approximate surface area is 165 Å². The zero-order chi connectivity index (χ0) is 19.5. The van der Waals surface area contributed by atoms with E-state index < -0.39 is 0 Å². The van der Waals surface area contributed by atoms with E-state index in [0.717, 1.165) is 32.0 Å². The van der Waals surface area contributed by atoms with Gasteiger partial charge in [-0.15, -0.1) is 0 Å². The average molecular weight is 390 g/mol. The quantitative estimate of drug-likeness (QED) is 0.759. The van der Waals surface area contributed by atoms with E-state index in [4.69, 9.17) is 9.15 Å². The molecule has 2 amide bonds. The van der Waals surface area contributed by atoms with E-state index in [9.17, 15) is 9.59 Å². The number of nitrogens with one attached hydrogen (secondary N) is 2. The van der Waals surface area contributed by atoms with Crippen molar-refractivity contribution in [3.63, 3.8) is 0 Å². The van der Waals surface area contributed by atoms with E-state index in [1.165, 1.54) is 25.7 Å².